The minimum atomic E-state index is -0.809. The fourth-order valence-corrected chi connectivity index (χ4v) is 5.17. The summed E-state index contributed by atoms with van der Waals surface area (Å²) in [4.78, 5) is 75.1. The molecule has 4 rings (SSSR count). The van der Waals surface area contributed by atoms with Gasteiger partial charge in [-0.25, -0.2) is 0 Å². The van der Waals surface area contributed by atoms with E-state index in [4.69, 9.17) is 0 Å². The number of amides is 6. The highest BCUT2D eigenvalue weighted by Gasteiger charge is 2.49. The molecular formula is C34H41N5O6. The lowest BCUT2D eigenvalue weighted by molar-refractivity contribution is -0.137. The number of anilines is 2. The van der Waals surface area contributed by atoms with Crippen LogP contribution in [-0.4, -0.2) is 59.5 Å². The van der Waals surface area contributed by atoms with Gasteiger partial charge in [-0.3, -0.25) is 33.7 Å². The average Bonchev–Trinajstić information content (AvgIpc) is 3.73. The lowest BCUT2D eigenvalue weighted by atomic mass is 9.95. The van der Waals surface area contributed by atoms with Crippen molar-refractivity contribution < 1.29 is 28.8 Å². The number of carbonyl (C=O) groups excluding carboxylic acids is 6. The normalized spacial score (nSPS) is 15.5. The molecule has 11 heteroatoms. The van der Waals surface area contributed by atoms with Crippen LogP contribution in [0.4, 0.5) is 11.4 Å². The first kappa shape index (κ1) is 33.1. The van der Waals surface area contributed by atoms with Crippen molar-refractivity contribution >= 4 is 46.8 Å². The van der Waals surface area contributed by atoms with Crippen LogP contribution in [0.25, 0.3) is 0 Å². The van der Waals surface area contributed by atoms with E-state index >= 15 is 0 Å². The summed E-state index contributed by atoms with van der Waals surface area (Å²) in [7, 11) is 0. The van der Waals surface area contributed by atoms with E-state index in [9.17, 15) is 28.8 Å². The van der Waals surface area contributed by atoms with E-state index in [1.807, 2.05) is 30.3 Å². The standard InChI is InChI=1S/C34H41N5O6/c1-23(2)31(38-27(40)11-7-4-8-20-39-29(42)16-17-30(39)43)32(44)35-22-28(41)36-25-12-14-26(15-13-25)37-33(45)34(18-19-34)21-24-9-5-3-6-10-24/h3,5-6,9-10,12-17,23,31H,4,7-8,11,18-22H2,1-2H3,(H,35,44)(H,36,41)(H,37,45)(H,38,40)/t31-/m0/s1. The van der Waals surface area contributed by atoms with Crippen molar-refractivity contribution in [1.82, 2.24) is 15.5 Å². The van der Waals surface area contributed by atoms with E-state index in [1.54, 1.807) is 38.1 Å². The van der Waals surface area contributed by atoms with E-state index in [-0.39, 0.29) is 47.9 Å². The number of hydrogen-bond acceptors (Lipinski definition) is 6. The number of unbranched alkanes of at least 4 members (excludes halogenated alkanes) is 2. The maximum Gasteiger partial charge on any atom is 0.253 e. The molecule has 0 unspecified atom stereocenters. The van der Waals surface area contributed by atoms with Crippen LogP contribution in [0.1, 0.15) is 57.9 Å². The molecular weight excluding hydrogens is 574 g/mol. The van der Waals surface area contributed by atoms with Gasteiger partial charge in [0.2, 0.25) is 23.6 Å². The molecule has 1 aliphatic carbocycles. The lowest BCUT2D eigenvalue weighted by Gasteiger charge is -2.21. The molecule has 1 saturated carbocycles. The van der Waals surface area contributed by atoms with Crippen LogP contribution >= 0.6 is 0 Å². The van der Waals surface area contributed by atoms with Crippen LogP contribution in [0.15, 0.2) is 66.7 Å². The minimum Gasteiger partial charge on any atom is -0.345 e. The van der Waals surface area contributed by atoms with Gasteiger partial charge < -0.3 is 21.3 Å². The molecule has 2 aliphatic rings. The van der Waals surface area contributed by atoms with Gasteiger partial charge in [0, 0.05) is 36.5 Å². The highest BCUT2D eigenvalue weighted by atomic mass is 16.2. The van der Waals surface area contributed by atoms with Crippen LogP contribution in [0.3, 0.4) is 0 Å². The Morgan fingerprint density at radius 2 is 1.42 bits per heavy atom. The maximum absolute atomic E-state index is 13.0. The predicted molar refractivity (Wildman–Crippen MR) is 170 cm³/mol. The summed E-state index contributed by atoms with van der Waals surface area (Å²) in [6.07, 6.45) is 6.85. The molecule has 238 valence electrons. The summed E-state index contributed by atoms with van der Waals surface area (Å²) in [5.74, 6) is -2.05. The Bertz CT molecular complexity index is 1410. The van der Waals surface area contributed by atoms with E-state index in [0.717, 1.165) is 18.4 Å². The number of nitrogens with one attached hydrogen (secondary N) is 4. The van der Waals surface area contributed by atoms with Crippen molar-refractivity contribution in [3.63, 3.8) is 0 Å². The Morgan fingerprint density at radius 3 is 2.02 bits per heavy atom. The molecule has 0 aromatic heterocycles. The first-order valence-electron chi connectivity index (χ1n) is 15.4. The van der Waals surface area contributed by atoms with E-state index < -0.39 is 17.9 Å². The van der Waals surface area contributed by atoms with Crippen molar-refractivity contribution in [2.24, 2.45) is 11.3 Å². The van der Waals surface area contributed by atoms with E-state index in [2.05, 4.69) is 21.3 Å². The highest BCUT2D eigenvalue weighted by molar-refractivity contribution is 6.12. The third kappa shape index (κ3) is 9.59. The van der Waals surface area contributed by atoms with Gasteiger partial charge in [0.15, 0.2) is 0 Å². The van der Waals surface area contributed by atoms with Gasteiger partial charge in [-0.05, 0) is 67.9 Å². The van der Waals surface area contributed by atoms with Crippen LogP contribution < -0.4 is 21.3 Å². The van der Waals surface area contributed by atoms with Gasteiger partial charge >= 0.3 is 0 Å². The molecule has 2 aromatic carbocycles. The fourth-order valence-electron chi connectivity index (χ4n) is 5.17. The molecule has 0 radical (unpaired) electrons. The van der Waals surface area contributed by atoms with Crippen LogP contribution in [0.5, 0.6) is 0 Å². The van der Waals surface area contributed by atoms with Crippen molar-refractivity contribution in [3.8, 4) is 0 Å². The zero-order chi connectivity index (χ0) is 32.4. The van der Waals surface area contributed by atoms with Crippen molar-refractivity contribution in [1.29, 1.82) is 0 Å². The third-order valence-corrected chi connectivity index (χ3v) is 8.02. The molecule has 0 spiro atoms. The van der Waals surface area contributed by atoms with Gasteiger partial charge in [-0.1, -0.05) is 50.6 Å². The molecule has 1 atom stereocenters. The number of carbonyl (C=O) groups is 6. The lowest BCUT2D eigenvalue weighted by Crippen LogP contribution is -2.51. The van der Waals surface area contributed by atoms with Gasteiger partial charge in [-0.2, -0.15) is 0 Å². The van der Waals surface area contributed by atoms with Gasteiger partial charge in [-0.15, -0.1) is 0 Å². The summed E-state index contributed by atoms with van der Waals surface area (Å²) < 4.78 is 0. The molecule has 0 saturated heterocycles. The Balaban J connectivity index is 1.15. The largest absolute Gasteiger partial charge is 0.345 e. The second-order valence-electron chi connectivity index (χ2n) is 12.0. The summed E-state index contributed by atoms with van der Waals surface area (Å²) in [6, 6.07) is 16.0. The van der Waals surface area contributed by atoms with Crippen LogP contribution in [-0.2, 0) is 35.2 Å². The highest BCUT2D eigenvalue weighted by Crippen LogP contribution is 2.49. The summed E-state index contributed by atoms with van der Waals surface area (Å²) >= 11 is 0. The Kier molecular flexibility index (Phi) is 11.2. The molecule has 2 aromatic rings. The van der Waals surface area contributed by atoms with Gasteiger partial charge in [0.05, 0.1) is 12.0 Å². The Labute approximate surface area is 263 Å². The Morgan fingerprint density at radius 1 is 0.800 bits per heavy atom. The van der Waals surface area contributed by atoms with Crippen LogP contribution in [0, 0.1) is 11.3 Å². The number of imide groups is 1. The third-order valence-electron chi connectivity index (χ3n) is 8.02. The molecule has 1 heterocycles. The maximum atomic E-state index is 13.0. The second-order valence-corrected chi connectivity index (χ2v) is 12.0. The smallest absolute Gasteiger partial charge is 0.253 e. The predicted octanol–water partition coefficient (Wildman–Crippen LogP) is 3.33. The number of nitrogens with zero attached hydrogens (tertiary/aromatic N) is 1. The Hall–Kier alpha value is -4.80. The molecule has 45 heavy (non-hydrogen) atoms. The molecule has 6 amide bonds. The van der Waals surface area contributed by atoms with E-state index in [1.165, 1.54) is 17.1 Å². The summed E-state index contributed by atoms with van der Waals surface area (Å²) in [6.45, 7) is 3.63. The number of hydrogen-bond donors (Lipinski definition) is 4. The monoisotopic (exact) mass is 615 g/mol. The van der Waals surface area contributed by atoms with Crippen molar-refractivity contribution in [2.75, 3.05) is 23.7 Å². The molecule has 4 N–H and O–H groups in total. The molecule has 1 aliphatic heterocycles. The van der Waals surface area contributed by atoms with Crippen LogP contribution in [0.2, 0.25) is 0 Å². The average molecular weight is 616 g/mol. The van der Waals surface area contributed by atoms with Gasteiger partial charge in [0.25, 0.3) is 11.8 Å². The summed E-state index contributed by atoms with van der Waals surface area (Å²) in [5, 5.41) is 11.0. The zero-order valence-electron chi connectivity index (χ0n) is 25.8. The molecule has 1 fully saturated rings. The minimum absolute atomic E-state index is 0.0108. The zero-order valence-corrected chi connectivity index (χ0v) is 25.8. The number of rotatable bonds is 16. The molecule has 11 nitrogen and oxygen atoms in total. The first-order chi connectivity index (χ1) is 21.6. The van der Waals surface area contributed by atoms with E-state index in [0.29, 0.717) is 43.6 Å². The number of benzene rings is 2. The first-order valence-corrected chi connectivity index (χ1v) is 15.4. The SMILES string of the molecule is CC(C)[C@H](NC(=O)CCCCCN1C(=O)C=CC1=O)C(=O)NCC(=O)Nc1ccc(NC(=O)C2(Cc3ccccc3)CC2)cc1. The summed E-state index contributed by atoms with van der Waals surface area (Å²) in [5.41, 5.74) is 1.91. The van der Waals surface area contributed by atoms with Crippen molar-refractivity contribution in [2.45, 2.75) is 64.8 Å². The van der Waals surface area contributed by atoms with Gasteiger partial charge in [0.1, 0.15) is 6.04 Å². The quantitative estimate of drug-likeness (QED) is 0.168. The second kappa shape index (κ2) is 15.3. The fraction of sp³-hybridized carbons (Fsp3) is 0.412. The topological polar surface area (TPSA) is 154 Å². The molecule has 0 bridgehead atoms. The van der Waals surface area contributed by atoms with Crippen molar-refractivity contribution in [3.05, 3.63) is 72.3 Å².